The van der Waals surface area contributed by atoms with Crippen molar-refractivity contribution in [2.75, 3.05) is 13.1 Å². The van der Waals surface area contributed by atoms with Gasteiger partial charge in [0.05, 0.1) is 0 Å². The first-order valence-electron chi connectivity index (χ1n) is 7.46. The van der Waals surface area contributed by atoms with Crippen molar-refractivity contribution in [1.82, 2.24) is 5.32 Å². The molecule has 1 heterocycles. The fourth-order valence-corrected chi connectivity index (χ4v) is 2.96. The largest absolute Gasteiger partial charge is 0.317 e. The lowest BCUT2D eigenvalue weighted by atomic mass is 9.86. The highest BCUT2D eigenvalue weighted by Gasteiger charge is 2.15. The summed E-state index contributed by atoms with van der Waals surface area (Å²) in [5.74, 6) is 0.952. The second kappa shape index (κ2) is 7.00. The predicted octanol–water partition coefficient (Wildman–Crippen LogP) is 4.21. The third-order valence-corrected chi connectivity index (χ3v) is 4.18. The van der Waals surface area contributed by atoms with E-state index in [1.165, 1.54) is 64.5 Å². The molecule has 1 aliphatic carbocycles. The molecule has 0 unspecified atom stereocenters. The lowest BCUT2D eigenvalue weighted by Gasteiger charge is -2.25. The molecule has 2 aliphatic rings. The van der Waals surface area contributed by atoms with Crippen LogP contribution in [-0.2, 0) is 0 Å². The van der Waals surface area contributed by atoms with Gasteiger partial charge >= 0.3 is 0 Å². The number of hydrogen-bond donors (Lipinski definition) is 1. The van der Waals surface area contributed by atoms with Crippen LogP contribution in [0.25, 0.3) is 0 Å². The molecule has 0 atom stereocenters. The highest BCUT2D eigenvalue weighted by molar-refractivity contribution is 5.24. The van der Waals surface area contributed by atoms with Gasteiger partial charge in [0, 0.05) is 0 Å². The highest BCUT2D eigenvalue weighted by atomic mass is 14.9. The quantitative estimate of drug-likeness (QED) is 0.750. The summed E-state index contributed by atoms with van der Waals surface area (Å²) in [6.07, 6.45) is 15.6. The van der Waals surface area contributed by atoms with Crippen molar-refractivity contribution < 1.29 is 0 Å². The van der Waals surface area contributed by atoms with Crippen LogP contribution in [0, 0.1) is 5.92 Å². The summed E-state index contributed by atoms with van der Waals surface area (Å²) in [6, 6.07) is 0. The van der Waals surface area contributed by atoms with E-state index in [1.807, 2.05) is 0 Å². The van der Waals surface area contributed by atoms with Crippen LogP contribution in [0.2, 0.25) is 0 Å². The summed E-state index contributed by atoms with van der Waals surface area (Å²) < 4.78 is 0. The Morgan fingerprint density at radius 2 is 1.82 bits per heavy atom. The smallest absolute Gasteiger partial charge is 0.00462 e. The maximum Gasteiger partial charge on any atom is -0.00462 e. The minimum atomic E-state index is 0.952. The van der Waals surface area contributed by atoms with Crippen molar-refractivity contribution in [2.24, 2.45) is 5.92 Å². The van der Waals surface area contributed by atoms with Crippen LogP contribution in [-0.4, -0.2) is 13.1 Å². The third-order valence-electron chi connectivity index (χ3n) is 4.18. The van der Waals surface area contributed by atoms with Crippen LogP contribution < -0.4 is 5.32 Å². The zero-order valence-electron chi connectivity index (χ0n) is 11.3. The topological polar surface area (TPSA) is 12.0 Å². The Morgan fingerprint density at radius 1 is 1.12 bits per heavy atom. The van der Waals surface area contributed by atoms with E-state index in [4.69, 9.17) is 0 Å². The fraction of sp³-hybridized carbons (Fsp3) is 0.750. The van der Waals surface area contributed by atoms with Crippen LogP contribution >= 0.6 is 0 Å². The molecule has 0 spiro atoms. The van der Waals surface area contributed by atoms with Crippen LogP contribution in [0.5, 0.6) is 0 Å². The Hall–Kier alpha value is -0.560. The fourth-order valence-electron chi connectivity index (χ4n) is 2.96. The molecular weight excluding hydrogens is 206 g/mol. The Bertz CT molecular complexity index is 282. The van der Waals surface area contributed by atoms with E-state index < -0.39 is 0 Å². The van der Waals surface area contributed by atoms with Gasteiger partial charge in [-0.2, -0.15) is 0 Å². The lowest BCUT2D eigenvalue weighted by molar-refractivity contribution is 0.369. The predicted molar refractivity (Wildman–Crippen MR) is 75.1 cm³/mol. The normalized spacial score (nSPS) is 22.2. The average Bonchev–Trinajstić information content (AvgIpc) is 2.39. The van der Waals surface area contributed by atoms with Gasteiger partial charge in [-0.05, 0) is 64.0 Å². The first-order valence-corrected chi connectivity index (χ1v) is 7.46. The molecule has 17 heavy (non-hydrogen) atoms. The molecule has 1 heteroatoms. The molecular formula is C16H27N. The average molecular weight is 233 g/mol. The molecule has 1 N–H and O–H groups in total. The van der Waals surface area contributed by atoms with E-state index in [-0.39, 0.29) is 0 Å². The SMILES string of the molecule is CCCCC1=CC=C(CC2CCNCC2)CC1. The first-order chi connectivity index (χ1) is 8.38. The standard InChI is InChI=1S/C16H27N/c1-2-3-4-14-5-7-15(8-6-14)13-16-9-11-17-12-10-16/h5,7,16-17H,2-4,6,8-13H2,1H3. The van der Waals surface area contributed by atoms with Gasteiger partial charge in [-0.3, -0.25) is 0 Å². The summed E-state index contributed by atoms with van der Waals surface area (Å²) in [4.78, 5) is 0. The Kier molecular flexibility index (Phi) is 5.31. The third kappa shape index (κ3) is 4.31. The number of piperidine rings is 1. The van der Waals surface area contributed by atoms with Crippen molar-refractivity contribution >= 4 is 0 Å². The molecule has 0 aromatic carbocycles. The molecule has 0 amide bonds. The number of allylic oxidation sites excluding steroid dienone is 4. The van der Waals surface area contributed by atoms with Gasteiger partial charge in [0.15, 0.2) is 0 Å². The van der Waals surface area contributed by atoms with Crippen molar-refractivity contribution in [3.05, 3.63) is 23.3 Å². The number of rotatable bonds is 5. The van der Waals surface area contributed by atoms with Crippen molar-refractivity contribution in [1.29, 1.82) is 0 Å². The summed E-state index contributed by atoms with van der Waals surface area (Å²) in [5, 5.41) is 3.45. The monoisotopic (exact) mass is 233 g/mol. The molecule has 1 aliphatic heterocycles. The maximum absolute atomic E-state index is 3.45. The van der Waals surface area contributed by atoms with Gasteiger partial charge in [0.2, 0.25) is 0 Å². The Labute approximate surface area is 106 Å². The summed E-state index contributed by atoms with van der Waals surface area (Å²) in [5.41, 5.74) is 3.39. The maximum atomic E-state index is 3.45. The molecule has 96 valence electrons. The second-order valence-electron chi connectivity index (χ2n) is 5.65. The number of hydrogen-bond acceptors (Lipinski definition) is 1. The second-order valence-corrected chi connectivity index (χ2v) is 5.65. The van der Waals surface area contributed by atoms with Gasteiger partial charge < -0.3 is 5.32 Å². The lowest BCUT2D eigenvalue weighted by Crippen LogP contribution is -2.27. The molecule has 0 bridgehead atoms. The zero-order chi connectivity index (χ0) is 11.9. The van der Waals surface area contributed by atoms with Gasteiger partial charge in [-0.15, -0.1) is 0 Å². The van der Waals surface area contributed by atoms with Crippen molar-refractivity contribution in [3.63, 3.8) is 0 Å². The molecule has 2 rings (SSSR count). The number of nitrogens with one attached hydrogen (secondary N) is 1. The molecule has 0 radical (unpaired) electrons. The van der Waals surface area contributed by atoms with Gasteiger partial charge in [-0.25, -0.2) is 0 Å². The summed E-state index contributed by atoms with van der Waals surface area (Å²) in [7, 11) is 0. The summed E-state index contributed by atoms with van der Waals surface area (Å²) >= 11 is 0. The van der Waals surface area contributed by atoms with E-state index in [9.17, 15) is 0 Å². The molecule has 1 fully saturated rings. The zero-order valence-corrected chi connectivity index (χ0v) is 11.3. The molecule has 0 aromatic rings. The van der Waals surface area contributed by atoms with Crippen LogP contribution in [0.15, 0.2) is 23.3 Å². The minimum Gasteiger partial charge on any atom is -0.317 e. The minimum absolute atomic E-state index is 0.952. The summed E-state index contributed by atoms with van der Waals surface area (Å²) in [6.45, 7) is 4.74. The molecule has 1 nitrogen and oxygen atoms in total. The van der Waals surface area contributed by atoms with Gasteiger partial charge in [-0.1, -0.05) is 36.6 Å². The number of unbranched alkanes of at least 4 members (excludes halogenated alkanes) is 1. The van der Waals surface area contributed by atoms with Crippen molar-refractivity contribution in [2.45, 2.75) is 58.3 Å². The van der Waals surface area contributed by atoms with Gasteiger partial charge in [0.1, 0.15) is 0 Å². The van der Waals surface area contributed by atoms with Crippen molar-refractivity contribution in [3.8, 4) is 0 Å². The molecule has 0 saturated carbocycles. The van der Waals surface area contributed by atoms with Crippen LogP contribution in [0.3, 0.4) is 0 Å². The van der Waals surface area contributed by atoms with Crippen LogP contribution in [0.1, 0.15) is 58.3 Å². The highest BCUT2D eigenvalue weighted by Crippen LogP contribution is 2.29. The van der Waals surface area contributed by atoms with E-state index in [0.717, 1.165) is 5.92 Å². The van der Waals surface area contributed by atoms with E-state index >= 15 is 0 Å². The first kappa shape index (κ1) is 12.9. The van der Waals surface area contributed by atoms with E-state index in [0.29, 0.717) is 0 Å². The Balaban J connectivity index is 1.78. The molecule has 1 saturated heterocycles. The van der Waals surface area contributed by atoms with Gasteiger partial charge in [0.25, 0.3) is 0 Å². The van der Waals surface area contributed by atoms with E-state index in [2.05, 4.69) is 24.4 Å². The molecule has 0 aromatic heterocycles. The van der Waals surface area contributed by atoms with E-state index in [1.54, 1.807) is 11.1 Å². The Morgan fingerprint density at radius 3 is 2.47 bits per heavy atom. The van der Waals surface area contributed by atoms with Crippen LogP contribution in [0.4, 0.5) is 0 Å².